The summed E-state index contributed by atoms with van der Waals surface area (Å²) in [4.78, 5) is 25.1. The van der Waals surface area contributed by atoms with Crippen LogP contribution in [-0.4, -0.2) is 44.1 Å². The van der Waals surface area contributed by atoms with Crippen molar-refractivity contribution >= 4 is 11.9 Å². The van der Waals surface area contributed by atoms with Crippen molar-refractivity contribution in [1.29, 1.82) is 0 Å². The van der Waals surface area contributed by atoms with Crippen molar-refractivity contribution in [2.75, 3.05) is 27.3 Å². The SMILES string of the molecule is CCN(CCC(=O)OC)C(=O)c1cccc(COC)c1. The third-order valence-corrected chi connectivity index (χ3v) is 2.97. The maximum atomic E-state index is 12.4. The standard InChI is InChI=1S/C15H21NO4/c1-4-16(9-8-14(17)20-3)15(18)13-7-5-6-12(10-13)11-19-2/h5-7,10H,4,8-9,11H2,1-3H3. The molecule has 0 saturated carbocycles. The smallest absolute Gasteiger partial charge is 0.307 e. The molecule has 1 aromatic carbocycles. The van der Waals surface area contributed by atoms with Gasteiger partial charge < -0.3 is 14.4 Å². The number of methoxy groups -OCH3 is 2. The van der Waals surface area contributed by atoms with Crippen LogP contribution >= 0.6 is 0 Å². The first-order chi connectivity index (χ1) is 9.62. The second-order valence-corrected chi connectivity index (χ2v) is 4.34. The molecule has 0 saturated heterocycles. The topological polar surface area (TPSA) is 55.8 Å². The third kappa shape index (κ3) is 4.66. The molecule has 110 valence electrons. The second-order valence-electron chi connectivity index (χ2n) is 4.34. The first-order valence-corrected chi connectivity index (χ1v) is 6.56. The second kappa shape index (κ2) is 8.32. The normalized spacial score (nSPS) is 10.2. The van der Waals surface area contributed by atoms with Crippen molar-refractivity contribution in [3.63, 3.8) is 0 Å². The van der Waals surface area contributed by atoms with Crippen LogP contribution in [0, 0.1) is 0 Å². The van der Waals surface area contributed by atoms with Crippen LogP contribution in [0.25, 0.3) is 0 Å². The van der Waals surface area contributed by atoms with Gasteiger partial charge in [-0.25, -0.2) is 0 Å². The summed E-state index contributed by atoms with van der Waals surface area (Å²) in [6.45, 7) is 3.25. The summed E-state index contributed by atoms with van der Waals surface area (Å²) in [6.07, 6.45) is 0.202. The fraction of sp³-hybridized carbons (Fsp3) is 0.467. The number of ether oxygens (including phenoxy) is 2. The maximum Gasteiger partial charge on any atom is 0.307 e. The summed E-state index contributed by atoms with van der Waals surface area (Å²) in [5.41, 5.74) is 1.55. The molecule has 1 rings (SSSR count). The summed E-state index contributed by atoms with van der Waals surface area (Å²) < 4.78 is 9.65. The number of nitrogens with zero attached hydrogens (tertiary/aromatic N) is 1. The monoisotopic (exact) mass is 279 g/mol. The van der Waals surface area contributed by atoms with E-state index in [1.54, 1.807) is 18.1 Å². The van der Waals surface area contributed by atoms with E-state index in [1.807, 2.05) is 25.1 Å². The molecule has 0 atom stereocenters. The lowest BCUT2D eigenvalue weighted by molar-refractivity contribution is -0.140. The Morgan fingerprint density at radius 2 is 2.00 bits per heavy atom. The lowest BCUT2D eigenvalue weighted by atomic mass is 10.1. The minimum atomic E-state index is -0.315. The molecule has 0 spiro atoms. The van der Waals surface area contributed by atoms with Gasteiger partial charge in [0.05, 0.1) is 20.1 Å². The summed E-state index contributed by atoms with van der Waals surface area (Å²) >= 11 is 0. The highest BCUT2D eigenvalue weighted by atomic mass is 16.5. The molecular weight excluding hydrogens is 258 g/mol. The van der Waals surface area contributed by atoms with Crippen LogP contribution in [0.5, 0.6) is 0 Å². The van der Waals surface area contributed by atoms with Crippen molar-refractivity contribution in [2.45, 2.75) is 20.0 Å². The summed E-state index contributed by atoms with van der Waals surface area (Å²) in [7, 11) is 2.96. The van der Waals surface area contributed by atoms with E-state index in [0.717, 1.165) is 5.56 Å². The molecule has 0 radical (unpaired) electrons. The Bertz CT molecular complexity index is 459. The minimum absolute atomic E-state index is 0.0886. The number of benzene rings is 1. The average molecular weight is 279 g/mol. The largest absolute Gasteiger partial charge is 0.469 e. The highest BCUT2D eigenvalue weighted by Gasteiger charge is 2.15. The van der Waals surface area contributed by atoms with E-state index in [9.17, 15) is 9.59 Å². The van der Waals surface area contributed by atoms with Gasteiger partial charge in [0, 0.05) is 25.8 Å². The van der Waals surface area contributed by atoms with Crippen LogP contribution < -0.4 is 0 Å². The Labute approximate surface area is 119 Å². The maximum absolute atomic E-state index is 12.4. The van der Waals surface area contributed by atoms with Crippen molar-refractivity contribution in [3.8, 4) is 0 Å². The molecule has 0 heterocycles. The third-order valence-electron chi connectivity index (χ3n) is 2.97. The lowest BCUT2D eigenvalue weighted by Gasteiger charge is -2.20. The zero-order chi connectivity index (χ0) is 15.0. The average Bonchev–Trinajstić information content (AvgIpc) is 2.48. The van der Waals surface area contributed by atoms with E-state index in [2.05, 4.69) is 4.74 Å². The van der Waals surface area contributed by atoms with Gasteiger partial charge >= 0.3 is 5.97 Å². The van der Waals surface area contributed by atoms with Gasteiger partial charge in [-0.2, -0.15) is 0 Å². The first-order valence-electron chi connectivity index (χ1n) is 6.56. The molecule has 0 N–H and O–H groups in total. The van der Waals surface area contributed by atoms with Crippen molar-refractivity contribution in [3.05, 3.63) is 35.4 Å². The van der Waals surface area contributed by atoms with E-state index < -0.39 is 0 Å². The van der Waals surface area contributed by atoms with E-state index in [1.165, 1.54) is 7.11 Å². The van der Waals surface area contributed by atoms with Gasteiger partial charge in [0.1, 0.15) is 0 Å². The van der Waals surface area contributed by atoms with Crippen molar-refractivity contribution in [2.24, 2.45) is 0 Å². The van der Waals surface area contributed by atoms with Gasteiger partial charge in [-0.15, -0.1) is 0 Å². The predicted molar refractivity (Wildman–Crippen MR) is 75.4 cm³/mol. The van der Waals surface area contributed by atoms with Crippen LogP contribution in [0.15, 0.2) is 24.3 Å². The first kappa shape index (κ1) is 16.2. The minimum Gasteiger partial charge on any atom is -0.469 e. The van der Waals surface area contributed by atoms with E-state index in [4.69, 9.17) is 4.74 Å². The van der Waals surface area contributed by atoms with Crippen molar-refractivity contribution < 1.29 is 19.1 Å². The fourth-order valence-corrected chi connectivity index (χ4v) is 1.87. The van der Waals surface area contributed by atoms with E-state index >= 15 is 0 Å². The quantitative estimate of drug-likeness (QED) is 0.715. The molecular formula is C15H21NO4. The highest BCUT2D eigenvalue weighted by Crippen LogP contribution is 2.10. The molecule has 1 amide bonds. The Hall–Kier alpha value is -1.88. The summed E-state index contributed by atoms with van der Waals surface area (Å²) in [5, 5.41) is 0. The molecule has 0 aliphatic carbocycles. The molecule has 0 bridgehead atoms. The van der Waals surface area contributed by atoms with Gasteiger partial charge in [0.25, 0.3) is 5.91 Å². The van der Waals surface area contributed by atoms with Crippen LogP contribution in [0.4, 0.5) is 0 Å². The van der Waals surface area contributed by atoms with Crippen LogP contribution in [0.2, 0.25) is 0 Å². The van der Waals surface area contributed by atoms with Gasteiger partial charge in [0.2, 0.25) is 0 Å². The number of carbonyl (C=O) groups excluding carboxylic acids is 2. The van der Waals surface area contributed by atoms with E-state index in [0.29, 0.717) is 25.3 Å². The highest BCUT2D eigenvalue weighted by molar-refractivity contribution is 5.94. The Morgan fingerprint density at radius 1 is 1.25 bits per heavy atom. The number of rotatable bonds is 7. The molecule has 5 heteroatoms. The molecule has 0 fully saturated rings. The van der Waals surface area contributed by atoms with Gasteiger partial charge in [-0.05, 0) is 24.6 Å². The molecule has 5 nitrogen and oxygen atoms in total. The zero-order valence-electron chi connectivity index (χ0n) is 12.2. The van der Waals surface area contributed by atoms with Crippen LogP contribution in [0.1, 0.15) is 29.3 Å². The summed E-state index contributed by atoms with van der Waals surface area (Å²) in [6, 6.07) is 7.32. The molecule has 0 aromatic heterocycles. The van der Waals surface area contributed by atoms with E-state index in [-0.39, 0.29) is 18.3 Å². The predicted octanol–water partition coefficient (Wildman–Crippen LogP) is 1.86. The van der Waals surface area contributed by atoms with Gasteiger partial charge in [-0.3, -0.25) is 9.59 Å². The molecule has 0 aliphatic rings. The molecule has 20 heavy (non-hydrogen) atoms. The number of esters is 1. The zero-order valence-corrected chi connectivity index (χ0v) is 12.2. The summed E-state index contributed by atoms with van der Waals surface area (Å²) in [5.74, 6) is -0.404. The number of hydrogen-bond donors (Lipinski definition) is 0. The molecule has 0 aliphatic heterocycles. The number of hydrogen-bond acceptors (Lipinski definition) is 4. The molecule has 0 unspecified atom stereocenters. The van der Waals surface area contributed by atoms with Crippen molar-refractivity contribution in [1.82, 2.24) is 4.90 Å². The lowest BCUT2D eigenvalue weighted by Crippen LogP contribution is -2.33. The van der Waals surface area contributed by atoms with Crippen LogP contribution in [-0.2, 0) is 20.9 Å². The Kier molecular flexibility index (Phi) is 6.73. The Balaban J connectivity index is 2.74. The fourth-order valence-electron chi connectivity index (χ4n) is 1.87. The van der Waals surface area contributed by atoms with Gasteiger partial charge in [-0.1, -0.05) is 12.1 Å². The van der Waals surface area contributed by atoms with Gasteiger partial charge in [0.15, 0.2) is 0 Å². The molecule has 1 aromatic rings. The number of amides is 1. The van der Waals surface area contributed by atoms with Crippen LogP contribution in [0.3, 0.4) is 0 Å². The number of carbonyl (C=O) groups is 2. The Morgan fingerprint density at radius 3 is 2.60 bits per heavy atom.